The minimum Gasteiger partial charge on any atom is -0.333 e. The van der Waals surface area contributed by atoms with Gasteiger partial charge in [0.25, 0.3) is 15.9 Å². The molecule has 2 aromatic carbocycles. The van der Waals surface area contributed by atoms with Crippen molar-refractivity contribution in [1.82, 2.24) is 10.2 Å². The molecule has 1 heterocycles. The Morgan fingerprint density at radius 3 is 2.73 bits per heavy atom. The summed E-state index contributed by atoms with van der Waals surface area (Å²) < 4.78 is 27.8. The van der Waals surface area contributed by atoms with Crippen molar-refractivity contribution in [2.24, 2.45) is 0 Å². The highest BCUT2D eigenvalue weighted by molar-refractivity contribution is 7.92. The molecule has 0 radical (unpaired) electrons. The van der Waals surface area contributed by atoms with E-state index in [-0.39, 0.29) is 16.8 Å². The van der Waals surface area contributed by atoms with Gasteiger partial charge in [-0.3, -0.25) is 9.52 Å². The lowest BCUT2D eigenvalue weighted by Crippen LogP contribution is -2.52. The Bertz CT molecular complexity index is 917. The molecule has 2 N–H and O–H groups in total. The van der Waals surface area contributed by atoms with Gasteiger partial charge in [0, 0.05) is 36.3 Å². The van der Waals surface area contributed by atoms with Crippen LogP contribution in [0, 0.1) is 0 Å². The fourth-order valence-corrected chi connectivity index (χ4v) is 4.16. The predicted octanol–water partition coefficient (Wildman–Crippen LogP) is 2.57. The second kappa shape index (κ2) is 7.65. The molecule has 1 saturated heterocycles. The average molecular weight is 394 g/mol. The summed E-state index contributed by atoms with van der Waals surface area (Å²) in [5, 5.41) is 3.66. The first-order valence-electron chi connectivity index (χ1n) is 8.27. The van der Waals surface area contributed by atoms with Gasteiger partial charge in [-0.1, -0.05) is 23.7 Å². The summed E-state index contributed by atoms with van der Waals surface area (Å²) in [6.45, 7) is 4.01. The monoisotopic (exact) mass is 393 g/mol. The van der Waals surface area contributed by atoms with Gasteiger partial charge in [-0.2, -0.15) is 0 Å². The van der Waals surface area contributed by atoms with Crippen LogP contribution in [0.4, 0.5) is 5.69 Å². The fraction of sp³-hybridized carbons (Fsp3) is 0.278. The standard InChI is InChI=1S/C18H20ClN3O3S/c1-13-12-20-8-9-22(13)18(23)14-4-2-7-17(10-14)26(24,25)21-16-6-3-5-15(19)11-16/h2-7,10-11,13,20-21H,8-9,12H2,1H3/t13-/m1/s1. The van der Waals surface area contributed by atoms with Crippen molar-refractivity contribution in [2.75, 3.05) is 24.4 Å². The normalized spacial score (nSPS) is 17.8. The fourth-order valence-electron chi connectivity index (χ4n) is 2.87. The Labute approximate surface area is 158 Å². The lowest BCUT2D eigenvalue weighted by Gasteiger charge is -2.34. The van der Waals surface area contributed by atoms with Crippen LogP contribution in [0.2, 0.25) is 5.02 Å². The number of rotatable bonds is 4. The number of halogens is 1. The molecule has 0 bridgehead atoms. The van der Waals surface area contributed by atoms with E-state index in [9.17, 15) is 13.2 Å². The van der Waals surface area contributed by atoms with Crippen LogP contribution in [-0.2, 0) is 10.0 Å². The zero-order valence-corrected chi connectivity index (χ0v) is 15.8. The number of hydrogen-bond acceptors (Lipinski definition) is 4. The second-order valence-electron chi connectivity index (χ2n) is 6.20. The van der Waals surface area contributed by atoms with Crippen LogP contribution >= 0.6 is 11.6 Å². The van der Waals surface area contributed by atoms with Crippen molar-refractivity contribution in [3.63, 3.8) is 0 Å². The van der Waals surface area contributed by atoms with E-state index in [0.717, 1.165) is 13.1 Å². The molecule has 2 aromatic rings. The van der Waals surface area contributed by atoms with E-state index < -0.39 is 10.0 Å². The van der Waals surface area contributed by atoms with Crippen LogP contribution in [0.15, 0.2) is 53.4 Å². The molecule has 0 aliphatic carbocycles. The lowest BCUT2D eigenvalue weighted by molar-refractivity contribution is 0.0655. The quantitative estimate of drug-likeness (QED) is 0.836. The zero-order chi connectivity index (χ0) is 18.7. The lowest BCUT2D eigenvalue weighted by atomic mass is 10.1. The molecule has 0 unspecified atom stereocenters. The van der Waals surface area contributed by atoms with E-state index in [0.29, 0.717) is 22.8 Å². The van der Waals surface area contributed by atoms with Gasteiger partial charge in [0.15, 0.2) is 0 Å². The van der Waals surface area contributed by atoms with E-state index >= 15 is 0 Å². The summed E-state index contributed by atoms with van der Waals surface area (Å²) in [5.74, 6) is -0.168. The van der Waals surface area contributed by atoms with E-state index in [1.165, 1.54) is 18.2 Å². The molecule has 0 aromatic heterocycles. The number of piperazine rings is 1. The minimum absolute atomic E-state index is 0.0334. The molecule has 0 saturated carbocycles. The van der Waals surface area contributed by atoms with E-state index in [4.69, 9.17) is 11.6 Å². The molecule has 1 atom stereocenters. The first-order valence-corrected chi connectivity index (χ1v) is 10.1. The molecule has 26 heavy (non-hydrogen) atoms. The van der Waals surface area contributed by atoms with Crippen LogP contribution in [0.5, 0.6) is 0 Å². The van der Waals surface area contributed by atoms with Crippen LogP contribution in [0.25, 0.3) is 0 Å². The highest BCUT2D eigenvalue weighted by Gasteiger charge is 2.25. The topological polar surface area (TPSA) is 78.5 Å². The summed E-state index contributed by atoms with van der Waals surface area (Å²) in [5.41, 5.74) is 0.720. The van der Waals surface area contributed by atoms with E-state index in [1.807, 2.05) is 6.92 Å². The summed E-state index contributed by atoms with van der Waals surface area (Å²) in [4.78, 5) is 14.5. The molecule has 0 spiro atoms. The van der Waals surface area contributed by atoms with Gasteiger partial charge in [0.2, 0.25) is 0 Å². The Morgan fingerprint density at radius 2 is 2.00 bits per heavy atom. The van der Waals surface area contributed by atoms with Gasteiger partial charge in [-0.05, 0) is 43.3 Å². The summed E-state index contributed by atoms with van der Waals surface area (Å²) in [6.07, 6.45) is 0. The third-order valence-corrected chi connectivity index (χ3v) is 5.84. The molecular weight excluding hydrogens is 374 g/mol. The molecule has 1 amide bonds. The number of benzene rings is 2. The van der Waals surface area contributed by atoms with Crippen LogP contribution in [0.3, 0.4) is 0 Å². The van der Waals surface area contributed by atoms with Crippen molar-refractivity contribution in [3.8, 4) is 0 Å². The van der Waals surface area contributed by atoms with Crippen molar-refractivity contribution in [2.45, 2.75) is 17.9 Å². The molecule has 3 rings (SSSR count). The highest BCUT2D eigenvalue weighted by Crippen LogP contribution is 2.21. The first-order chi connectivity index (χ1) is 12.4. The van der Waals surface area contributed by atoms with Crippen molar-refractivity contribution < 1.29 is 13.2 Å². The maximum Gasteiger partial charge on any atom is 0.261 e. The summed E-state index contributed by atoms with van der Waals surface area (Å²) in [6, 6.07) is 12.6. The number of carbonyl (C=O) groups excluding carboxylic acids is 1. The molecule has 138 valence electrons. The maximum atomic E-state index is 12.8. The first kappa shape index (κ1) is 18.7. The molecule has 1 aliphatic heterocycles. The van der Waals surface area contributed by atoms with Gasteiger partial charge in [0.1, 0.15) is 0 Å². The van der Waals surface area contributed by atoms with Crippen LogP contribution in [-0.4, -0.2) is 44.9 Å². The smallest absolute Gasteiger partial charge is 0.261 e. The molecule has 8 heteroatoms. The Hall–Kier alpha value is -2.09. The third kappa shape index (κ3) is 4.17. The molecule has 1 fully saturated rings. The number of carbonyl (C=O) groups is 1. The van der Waals surface area contributed by atoms with E-state index in [1.54, 1.807) is 35.2 Å². The Kier molecular flexibility index (Phi) is 5.50. The van der Waals surface area contributed by atoms with Crippen molar-refractivity contribution in [1.29, 1.82) is 0 Å². The minimum atomic E-state index is -3.82. The second-order valence-corrected chi connectivity index (χ2v) is 8.31. The zero-order valence-electron chi connectivity index (χ0n) is 14.3. The Morgan fingerprint density at radius 1 is 1.23 bits per heavy atom. The summed E-state index contributed by atoms with van der Waals surface area (Å²) >= 11 is 5.90. The molecule has 1 aliphatic rings. The SMILES string of the molecule is C[C@@H]1CNCCN1C(=O)c1cccc(S(=O)(=O)Nc2cccc(Cl)c2)c1. The van der Waals surface area contributed by atoms with Crippen molar-refractivity contribution in [3.05, 3.63) is 59.1 Å². The molecular formula is C18H20ClN3O3S. The predicted molar refractivity (Wildman–Crippen MR) is 102 cm³/mol. The Balaban J connectivity index is 1.85. The van der Waals surface area contributed by atoms with E-state index in [2.05, 4.69) is 10.0 Å². The molecule has 6 nitrogen and oxygen atoms in total. The number of sulfonamides is 1. The largest absolute Gasteiger partial charge is 0.333 e. The van der Waals surface area contributed by atoms with Gasteiger partial charge >= 0.3 is 0 Å². The number of anilines is 1. The maximum absolute atomic E-state index is 12.8. The summed E-state index contributed by atoms with van der Waals surface area (Å²) in [7, 11) is -3.82. The van der Waals surface area contributed by atoms with Crippen LogP contribution < -0.4 is 10.0 Å². The van der Waals surface area contributed by atoms with Gasteiger partial charge in [0.05, 0.1) is 10.6 Å². The average Bonchev–Trinajstić information content (AvgIpc) is 2.61. The van der Waals surface area contributed by atoms with Crippen LogP contribution in [0.1, 0.15) is 17.3 Å². The number of nitrogens with zero attached hydrogens (tertiary/aromatic N) is 1. The number of amides is 1. The highest BCUT2D eigenvalue weighted by atomic mass is 35.5. The third-order valence-electron chi connectivity index (χ3n) is 4.23. The van der Waals surface area contributed by atoms with Gasteiger partial charge in [-0.25, -0.2) is 8.42 Å². The number of hydrogen-bond donors (Lipinski definition) is 2. The van der Waals surface area contributed by atoms with Gasteiger partial charge < -0.3 is 10.2 Å². The number of nitrogens with one attached hydrogen (secondary N) is 2. The van der Waals surface area contributed by atoms with Crippen molar-refractivity contribution >= 4 is 33.2 Å². The van der Waals surface area contributed by atoms with Gasteiger partial charge in [-0.15, -0.1) is 0 Å².